The highest BCUT2D eigenvalue weighted by atomic mass is 32.1. The van der Waals surface area contributed by atoms with E-state index < -0.39 is 0 Å². The highest BCUT2D eigenvalue weighted by Crippen LogP contribution is 2.34. The zero-order chi connectivity index (χ0) is 14.3. The van der Waals surface area contributed by atoms with Crippen molar-refractivity contribution in [2.75, 3.05) is 11.1 Å². The first-order valence-corrected chi connectivity index (χ1v) is 8.16. The molecule has 108 valence electrons. The molecule has 1 saturated carbocycles. The Kier molecular flexibility index (Phi) is 3.54. The average Bonchev–Trinajstić information content (AvgIpc) is 2.75. The molecule has 1 aliphatic rings. The van der Waals surface area contributed by atoms with Gasteiger partial charge in [-0.1, -0.05) is 26.7 Å². The Morgan fingerprint density at radius 3 is 2.90 bits per heavy atom. The third-order valence-electron chi connectivity index (χ3n) is 4.56. The van der Waals surface area contributed by atoms with Gasteiger partial charge in [0.2, 0.25) is 5.95 Å². The second kappa shape index (κ2) is 5.20. The molecule has 3 N–H and O–H groups in total. The van der Waals surface area contributed by atoms with Gasteiger partial charge in [-0.2, -0.15) is 4.98 Å². The monoisotopic (exact) mass is 290 g/mol. The van der Waals surface area contributed by atoms with E-state index >= 15 is 0 Å². The molecule has 0 aromatic carbocycles. The maximum absolute atomic E-state index is 5.85. The number of thiophene rings is 1. The highest BCUT2D eigenvalue weighted by Gasteiger charge is 2.27. The maximum atomic E-state index is 5.85. The minimum absolute atomic E-state index is 0.360. The number of anilines is 2. The van der Waals surface area contributed by atoms with Crippen molar-refractivity contribution >= 4 is 33.3 Å². The van der Waals surface area contributed by atoms with Crippen LogP contribution in [0.3, 0.4) is 0 Å². The Bertz CT molecular complexity index is 622. The summed E-state index contributed by atoms with van der Waals surface area (Å²) in [5.74, 6) is 2.69. The Morgan fingerprint density at radius 2 is 2.10 bits per heavy atom. The summed E-state index contributed by atoms with van der Waals surface area (Å²) in [5, 5.41) is 4.74. The van der Waals surface area contributed by atoms with E-state index in [2.05, 4.69) is 42.1 Å². The first-order chi connectivity index (χ1) is 9.54. The summed E-state index contributed by atoms with van der Waals surface area (Å²) in [6.07, 6.45) is 3.83. The molecule has 2 aromatic rings. The van der Waals surface area contributed by atoms with Crippen LogP contribution in [0.15, 0.2) is 6.07 Å². The fourth-order valence-corrected chi connectivity index (χ4v) is 4.02. The molecular formula is C15H22N4S. The number of hydrogen-bond donors (Lipinski definition) is 2. The first kappa shape index (κ1) is 13.6. The number of rotatable bonds is 2. The molecule has 0 amide bonds. The average molecular weight is 290 g/mol. The van der Waals surface area contributed by atoms with Gasteiger partial charge in [0.05, 0.1) is 5.39 Å². The fraction of sp³-hybridized carbons (Fsp3) is 0.600. The van der Waals surface area contributed by atoms with E-state index in [1.165, 1.54) is 24.1 Å². The van der Waals surface area contributed by atoms with Crippen LogP contribution < -0.4 is 11.1 Å². The van der Waals surface area contributed by atoms with Crippen molar-refractivity contribution < 1.29 is 0 Å². The molecule has 20 heavy (non-hydrogen) atoms. The second-order valence-electron chi connectivity index (χ2n) is 6.02. The topological polar surface area (TPSA) is 63.8 Å². The van der Waals surface area contributed by atoms with Crippen LogP contribution in [0.2, 0.25) is 0 Å². The molecule has 0 spiro atoms. The van der Waals surface area contributed by atoms with E-state index in [0.29, 0.717) is 17.9 Å². The lowest BCUT2D eigenvalue weighted by Crippen LogP contribution is -2.35. The van der Waals surface area contributed by atoms with E-state index in [0.717, 1.165) is 22.0 Å². The van der Waals surface area contributed by atoms with Crippen molar-refractivity contribution in [1.29, 1.82) is 0 Å². The van der Waals surface area contributed by atoms with Crippen LogP contribution in [-0.2, 0) is 0 Å². The normalized spacial score (nSPS) is 26.9. The molecule has 5 heteroatoms. The van der Waals surface area contributed by atoms with E-state index in [1.54, 1.807) is 11.3 Å². The van der Waals surface area contributed by atoms with Gasteiger partial charge in [0, 0.05) is 10.9 Å². The number of nitrogens with zero attached hydrogens (tertiary/aromatic N) is 2. The minimum atomic E-state index is 0.360. The van der Waals surface area contributed by atoms with Crippen LogP contribution in [0.25, 0.3) is 10.2 Å². The number of hydrogen-bond acceptors (Lipinski definition) is 5. The van der Waals surface area contributed by atoms with Gasteiger partial charge < -0.3 is 11.1 Å². The summed E-state index contributed by atoms with van der Waals surface area (Å²) in [5.41, 5.74) is 5.85. The largest absolute Gasteiger partial charge is 0.368 e. The second-order valence-corrected chi connectivity index (χ2v) is 7.26. The first-order valence-electron chi connectivity index (χ1n) is 7.35. The van der Waals surface area contributed by atoms with Gasteiger partial charge in [0.1, 0.15) is 10.6 Å². The molecule has 2 aromatic heterocycles. The highest BCUT2D eigenvalue weighted by molar-refractivity contribution is 7.18. The lowest BCUT2D eigenvalue weighted by Gasteiger charge is -2.35. The van der Waals surface area contributed by atoms with E-state index in [4.69, 9.17) is 5.73 Å². The number of nitrogens with one attached hydrogen (secondary N) is 1. The van der Waals surface area contributed by atoms with Crippen LogP contribution in [0, 0.1) is 18.8 Å². The minimum Gasteiger partial charge on any atom is -0.368 e. The van der Waals surface area contributed by atoms with Gasteiger partial charge in [-0.05, 0) is 31.2 Å². The van der Waals surface area contributed by atoms with Crippen LogP contribution in [-0.4, -0.2) is 16.0 Å². The van der Waals surface area contributed by atoms with Crippen LogP contribution in [0.1, 0.15) is 38.0 Å². The molecule has 3 unspecified atom stereocenters. The zero-order valence-corrected chi connectivity index (χ0v) is 13.1. The third kappa shape index (κ3) is 2.46. The standard InChI is InChI=1S/C15H22N4S/c1-8-5-4-6-12(10(8)3)17-13-11-7-9(2)20-14(11)19-15(16)18-13/h7-8,10,12H,4-6H2,1-3H3,(H3,16,17,18,19). The van der Waals surface area contributed by atoms with Crippen molar-refractivity contribution in [2.45, 2.75) is 46.1 Å². The molecule has 4 nitrogen and oxygen atoms in total. The molecule has 0 bridgehead atoms. The van der Waals surface area contributed by atoms with Gasteiger partial charge in [0.25, 0.3) is 0 Å². The summed E-state index contributed by atoms with van der Waals surface area (Å²) < 4.78 is 0. The van der Waals surface area contributed by atoms with E-state index in [9.17, 15) is 0 Å². The summed E-state index contributed by atoms with van der Waals surface area (Å²) >= 11 is 1.67. The van der Waals surface area contributed by atoms with Crippen LogP contribution in [0.5, 0.6) is 0 Å². The lowest BCUT2D eigenvalue weighted by molar-refractivity contribution is 0.253. The number of nitrogens with two attached hydrogens (primary N) is 1. The Hall–Kier alpha value is -1.36. The van der Waals surface area contributed by atoms with Gasteiger partial charge in [0.15, 0.2) is 0 Å². The molecule has 3 rings (SSSR count). The molecule has 1 aliphatic carbocycles. The maximum Gasteiger partial charge on any atom is 0.223 e. The van der Waals surface area contributed by atoms with Crippen LogP contribution in [0.4, 0.5) is 11.8 Å². The molecular weight excluding hydrogens is 268 g/mol. The Labute approximate surface area is 123 Å². The molecule has 2 heterocycles. The van der Waals surface area contributed by atoms with Crippen molar-refractivity contribution in [3.8, 4) is 0 Å². The number of aryl methyl sites for hydroxylation is 1. The Balaban J connectivity index is 1.93. The molecule has 3 atom stereocenters. The molecule has 0 radical (unpaired) electrons. The van der Waals surface area contributed by atoms with Crippen molar-refractivity contribution in [1.82, 2.24) is 9.97 Å². The van der Waals surface area contributed by atoms with Crippen molar-refractivity contribution in [3.05, 3.63) is 10.9 Å². The number of fused-ring (bicyclic) bond motifs is 1. The smallest absolute Gasteiger partial charge is 0.223 e. The Morgan fingerprint density at radius 1 is 1.30 bits per heavy atom. The lowest BCUT2D eigenvalue weighted by atomic mass is 9.78. The molecule has 0 aliphatic heterocycles. The van der Waals surface area contributed by atoms with Crippen LogP contribution >= 0.6 is 11.3 Å². The van der Waals surface area contributed by atoms with Crippen molar-refractivity contribution in [3.63, 3.8) is 0 Å². The number of aromatic nitrogens is 2. The van der Waals surface area contributed by atoms with Crippen molar-refractivity contribution in [2.24, 2.45) is 11.8 Å². The van der Waals surface area contributed by atoms with E-state index in [-0.39, 0.29) is 0 Å². The summed E-state index contributed by atoms with van der Waals surface area (Å²) in [6, 6.07) is 2.63. The summed E-state index contributed by atoms with van der Waals surface area (Å²) in [4.78, 5) is 11.0. The molecule has 1 fully saturated rings. The number of nitrogen functional groups attached to an aromatic ring is 1. The summed E-state index contributed by atoms with van der Waals surface area (Å²) in [7, 11) is 0. The summed E-state index contributed by atoms with van der Waals surface area (Å²) in [6.45, 7) is 6.77. The third-order valence-corrected chi connectivity index (χ3v) is 5.51. The van der Waals surface area contributed by atoms with Gasteiger partial charge in [-0.25, -0.2) is 4.98 Å². The van der Waals surface area contributed by atoms with Gasteiger partial charge in [-0.3, -0.25) is 0 Å². The fourth-order valence-electron chi connectivity index (χ4n) is 3.13. The predicted molar refractivity (Wildman–Crippen MR) is 86.2 cm³/mol. The van der Waals surface area contributed by atoms with Gasteiger partial charge >= 0.3 is 0 Å². The van der Waals surface area contributed by atoms with E-state index in [1.807, 2.05) is 0 Å². The quantitative estimate of drug-likeness (QED) is 0.882. The molecule has 0 saturated heterocycles. The zero-order valence-electron chi connectivity index (χ0n) is 12.3. The van der Waals surface area contributed by atoms with Gasteiger partial charge in [-0.15, -0.1) is 11.3 Å². The predicted octanol–water partition coefficient (Wildman–Crippen LogP) is 3.82. The SMILES string of the molecule is Cc1cc2c(NC3CCCC(C)C3C)nc(N)nc2s1.